The summed E-state index contributed by atoms with van der Waals surface area (Å²) in [6.07, 6.45) is 0. The van der Waals surface area contributed by atoms with E-state index in [1.54, 1.807) is 0 Å². The first-order valence-corrected chi connectivity index (χ1v) is 10.5. The SMILES string of the molecule is Cc1cc2c(c(C)c1C(C)(C)C)C([SiH2]O[SiH3])c1ccccc1O2. The molecule has 0 fully saturated rings. The first kappa shape index (κ1) is 16.5. The van der Waals surface area contributed by atoms with Crippen molar-refractivity contribution in [3.8, 4) is 11.5 Å². The summed E-state index contributed by atoms with van der Waals surface area (Å²) in [4.78, 5) is 0. The van der Waals surface area contributed by atoms with E-state index in [0.29, 0.717) is 5.54 Å². The Balaban J connectivity index is 2.26. The van der Waals surface area contributed by atoms with Crippen molar-refractivity contribution in [2.75, 3.05) is 0 Å². The van der Waals surface area contributed by atoms with Gasteiger partial charge in [-0.2, -0.15) is 0 Å². The maximum atomic E-state index is 6.26. The normalized spacial score (nSPS) is 17.2. The molecule has 1 atom stereocenters. The highest BCUT2D eigenvalue weighted by Crippen LogP contribution is 2.48. The van der Waals surface area contributed by atoms with Crippen LogP contribution in [-0.4, -0.2) is 20.2 Å². The average molecular weight is 343 g/mol. The first-order valence-electron chi connectivity index (χ1n) is 8.25. The van der Waals surface area contributed by atoms with Gasteiger partial charge >= 0.3 is 0 Å². The van der Waals surface area contributed by atoms with Gasteiger partial charge in [0.25, 0.3) is 0 Å². The Bertz CT molecular complexity index is 748. The summed E-state index contributed by atoms with van der Waals surface area (Å²) in [6.45, 7) is 11.3. The predicted octanol–water partition coefficient (Wildman–Crippen LogP) is 3.18. The van der Waals surface area contributed by atoms with Crippen LogP contribution in [0.5, 0.6) is 11.5 Å². The zero-order valence-corrected chi connectivity index (χ0v) is 18.4. The van der Waals surface area contributed by atoms with E-state index >= 15 is 0 Å². The van der Waals surface area contributed by atoms with E-state index in [4.69, 9.17) is 8.85 Å². The summed E-state index contributed by atoms with van der Waals surface area (Å²) in [6, 6.07) is 10.7. The Morgan fingerprint density at radius 2 is 1.83 bits per heavy atom. The van der Waals surface area contributed by atoms with E-state index in [0.717, 1.165) is 22.0 Å². The van der Waals surface area contributed by atoms with E-state index in [1.807, 2.05) is 6.07 Å². The van der Waals surface area contributed by atoms with Gasteiger partial charge in [0, 0.05) is 16.7 Å². The van der Waals surface area contributed by atoms with Crippen molar-refractivity contribution in [2.24, 2.45) is 0 Å². The van der Waals surface area contributed by atoms with Gasteiger partial charge in [-0.25, -0.2) is 0 Å². The van der Waals surface area contributed by atoms with Gasteiger partial charge in [0.05, 0.1) is 0 Å². The third kappa shape index (κ3) is 2.79. The fourth-order valence-corrected chi connectivity index (χ4v) is 6.63. The number of rotatable bonds is 2. The summed E-state index contributed by atoms with van der Waals surface area (Å²) >= 11 is 0. The summed E-state index contributed by atoms with van der Waals surface area (Å²) in [5, 5.41) is 0. The van der Waals surface area contributed by atoms with Crippen molar-refractivity contribution in [1.82, 2.24) is 0 Å². The highest BCUT2D eigenvalue weighted by Gasteiger charge is 2.32. The molecular formula is C19H26O2Si2. The number of hydrogen-bond donors (Lipinski definition) is 0. The van der Waals surface area contributed by atoms with Crippen molar-refractivity contribution in [3.05, 3.63) is 58.1 Å². The lowest BCUT2D eigenvalue weighted by Gasteiger charge is -2.33. The maximum absolute atomic E-state index is 6.26. The largest absolute Gasteiger partial charge is 0.467 e. The van der Waals surface area contributed by atoms with Crippen LogP contribution in [0.3, 0.4) is 0 Å². The summed E-state index contributed by atoms with van der Waals surface area (Å²) in [5.41, 5.74) is 7.35. The van der Waals surface area contributed by atoms with Crippen LogP contribution in [0.2, 0.25) is 0 Å². The summed E-state index contributed by atoms with van der Waals surface area (Å²) < 4.78 is 12.1. The lowest BCUT2D eigenvalue weighted by Crippen LogP contribution is -2.23. The van der Waals surface area contributed by atoms with Gasteiger partial charge in [0.1, 0.15) is 22.0 Å². The van der Waals surface area contributed by atoms with Crippen LogP contribution < -0.4 is 4.74 Å². The van der Waals surface area contributed by atoms with Crippen molar-refractivity contribution < 1.29 is 8.85 Å². The maximum Gasteiger partial charge on any atom is 0.157 e. The topological polar surface area (TPSA) is 18.5 Å². The molecule has 3 rings (SSSR count). The number of para-hydroxylation sites is 1. The smallest absolute Gasteiger partial charge is 0.157 e. The molecule has 0 N–H and O–H groups in total. The molecular weight excluding hydrogens is 316 g/mol. The molecule has 2 aromatic rings. The third-order valence-corrected chi connectivity index (χ3v) is 7.25. The second-order valence-corrected chi connectivity index (χ2v) is 11.0. The molecule has 4 heteroatoms. The molecule has 0 spiro atoms. The average Bonchev–Trinajstić information content (AvgIpc) is 2.45. The fourth-order valence-electron chi connectivity index (χ4n) is 4.11. The minimum atomic E-state index is -0.653. The van der Waals surface area contributed by atoms with Crippen LogP contribution in [0.25, 0.3) is 0 Å². The van der Waals surface area contributed by atoms with Gasteiger partial charge in [-0.3, -0.25) is 0 Å². The molecule has 1 aliphatic rings. The zero-order chi connectivity index (χ0) is 16.8. The van der Waals surface area contributed by atoms with Crippen LogP contribution >= 0.6 is 0 Å². The molecule has 2 nitrogen and oxygen atoms in total. The van der Waals surface area contributed by atoms with Crippen molar-refractivity contribution in [1.29, 1.82) is 0 Å². The summed E-state index contributed by atoms with van der Waals surface area (Å²) in [5.74, 6) is 2.03. The van der Waals surface area contributed by atoms with Gasteiger partial charge < -0.3 is 8.85 Å². The second kappa shape index (κ2) is 5.93. The molecule has 2 aromatic carbocycles. The fraction of sp³-hybridized carbons (Fsp3) is 0.368. The molecule has 1 heterocycles. The molecule has 23 heavy (non-hydrogen) atoms. The summed E-state index contributed by atoms with van der Waals surface area (Å²) in [7, 11) is 0.160. The van der Waals surface area contributed by atoms with Crippen molar-refractivity contribution >= 4 is 20.2 Å². The molecule has 1 unspecified atom stereocenters. The van der Waals surface area contributed by atoms with Crippen LogP contribution in [0.1, 0.15) is 54.1 Å². The molecule has 0 bridgehead atoms. The number of aryl methyl sites for hydroxylation is 1. The Kier molecular flexibility index (Phi) is 4.25. The van der Waals surface area contributed by atoms with Gasteiger partial charge in [-0.05, 0) is 48.1 Å². The number of hydrogen-bond acceptors (Lipinski definition) is 2. The van der Waals surface area contributed by atoms with E-state index in [2.05, 4.69) is 58.9 Å². The molecule has 122 valence electrons. The van der Waals surface area contributed by atoms with Crippen molar-refractivity contribution in [3.63, 3.8) is 0 Å². The number of benzene rings is 2. The number of ether oxygens (including phenoxy) is 1. The lowest BCUT2D eigenvalue weighted by atomic mass is 9.78. The zero-order valence-electron chi connectivity index (χ0n) is 15.0. The van der Waals surface area contributed by atoms with E-state index in [-0.39, 0.29) is 5.41 Å². The molecule has 0 aliphatic carbocycles. The highest BCUT2D eigenvalue weighted by molar-refractivity contribution is 6.37. The minimum absolute atomic E-state index is 0.133. The van der Waals surface area contributed by atoms with Crippen LogP contribution in [-0.2, 0) is 9.53 Å². The minimum Gasteiger partial charge on any atom is -0.467 e. The van der Waals surface area contributed by atoms with Gasteiger partial charge in [0.2, 0.25) is 0 Å². The van der Waals surface area contributed by atoms with Crippen LogP contribution in [0.4, 0.5) is 0 Å². The molecule has 0 aromatic heterocycles. The molecule has 0 saturated carbocycles. The van der Waals surface area contributed by atoms with Gasteiger partial charge in [0.15, 0.2) is 9.76 Å². The van der Waals surface area contributed by atoms with E-state index in [9.17, 15) is 0 Å². The molecule has 1 aliphatic heterocycles. The molecule has 0 saturated heterocycles. The Hall–Kier alpha value is -1.37. The van der Waals surface area contributed by atoms with Crippen molar-refractivity contribution in [2.45, 2.75) is 45.6 Å². The molecule has 0 amide bonds. The Morgan fingerprint density at radius 1 is 1.13 bits per heavy atom. The standard InChI is InChI=1S/C19H26O2Si2/c1-11-10-15-16(12(2)17(11)19(3,4)5)18(23-21-22)13-8-6-7-9-14(13)20-15/h6-10,18H,23H2,1-5,22H3. The monoisotopic (exact) mass is 342 g/mol. The predicted molar refractivity (Wildman–Crippen MR) is 103 cm³/mol. The van der Waals surface area contributed by atoms with E-state index in [1.165, 1.54) is 27.8 Å². The Labute approximate surface area is 144 Å². The molecule has 0 radical (unpaired) electrons. The highest BCUT2D eigenvalue weighted by atomic mass is 28.3. The van der Waals surface area contributed by atoms with Crippen LogP contribution in [0, 0.1) is 13.8 Å². The Morgan fingerprint density at radius 3 is 2.48 bits per heavy atom. The van der Waals surface area contributed by atoms with E-state index < -0.39 is 9.76 Å². The quantitative estimate of drug-likeness (QED) is 0.781. The van der Waals surface area contributed by atoms with Gasteiger partial charge in [-0.15, -0.1) is 0 Å². The third-order valence-electron chi connectivity index (χ3n) is 4.73. The van der Waals surface area contributed by atoms with Crippen LogP contribution in [0.15, 0.2) is 30.3 Å². The number of fused-ring (bicyclic) bond motifs is 2. The lowest BCUT2D eigenvalue weighted by molar-refractivity contribution is 0.451. The second-order valence-electron chi connectivity index (χ2n) is 7.50. The first-order chi connectivity index (χ1) is 10.8. The van der Waals surface area contributed by atoms with Gasteiger partial charge in [-0.1, -0.05) is 39.0 Å².